The molecule has 1 N–H and O–H groups in total. The van der Waals surface area contributed by atoms with Crippen LogP contribution in [0.2, 0.25) is 0 Å². The van der Waals surface area contributed by atoms with Crippen LogP contribution in [0.1, 0.15) is 21.7 Å². The summed E-state index contributed by atoms with van der Waals surface area (Å²) in [5.74, 6) is -0.989. The number of hydrogen-bond donors (Lipinski definition) is 1. The number of nitro groups is 1. The van der Waals surface area contributed by atoms with E-state index in [1.54, 1.807) is 22.9 Å². The maximum atomic E-state index is 11.0. The maximum absolute atomic E-state index is 11.0. The Hall–Kier alpha value is -3.48. The van der Waals surface area contributed by atoms with E-state index in [4.69, 9.17) is 5.11 Å². The van der Waals surface area contributed by atoms with E-state index in [0.717, 1.165) is 28.2 Å². The van der Waals surface area contributed by atoms with Crippen LogP contribution in [-0.4, -0.2) is 25.8 Å². The van der Waals surface area contributed by atoms with Gasteiger partial charge in [0.2, 0.25) is 0 Å². The van der Waals surface area contributed by atoms with Gasteiger partial charge in [0.05, 0.1) is 21.9 Å². The molecule has 3 rings (SSSR count). The molecule has 0 saturated heterocycles. The summed E-state index contributed by atoms with van der Waals surface area (Å²) in [5.41, 5.74) is 4.05. The highest BCUT2D eigenvalue weighted by molar-refractivity contribution is 5.87. The van der Waals surface area contributed by atoms with Gasteiger partial charge in [-0.2, -0.15) is 5.10 Å². The molecule has 3 aromatic rings. The summed E-state index contributed by atoms with van der Waals surface area (Å²) in [4.78, 5) is 21.5. The zero-order chi connectivity index (χ0) is 18.1. The molecule has 25 heavy (non-hydrogen) atoms. The molecule has 0 radical (unpaired) electrons. The SMILES string of the molecule is Cc1nn(-c2ccc(C(=O)O)cc2)c(C)c1-c1cccc([N+](=O)[O-])c1. The summed E-state index contributed by atoms with van der Waals surface area (Å²) in [6.45, 7) is 3.71. The number of rotatable bonds is 4. The number of carbonyl (C=O) groups is 1. The molecule has 0 spiro atoms. The monoisotopic (exact) mass is 337 g/mol. The summed E-state index contributed by atoms with van der Waals surface area (Å²) in [6.07, 6.45) is 0. The molecule has 0 atom stereocenters. The van der Waals surface area contributed by atoms with Gasteiger partial charge in [-0.3, -0.25) is 10.1 Å². The smallest absolute Gasteiger partial charge is 0.335 e. The minimum Gasteiger partial charge on any atom is -0.478 e. The Balaban J connectivity index is 2.08. The molecule has 126 valence electrons. The lowest BCUT2D eigenvalue weighted by molar-refractivity contribution is -0.384. The summed E-state index contributed by atoms with van der Waals surface area (Å²) < 4.78 is 1.70. The maximum Gasteiger partial charge on any atom is 0.335 e. The number of carboxylic acids is 1. The number of non-ortho nitro benzene ring substituents is 1. The zero-order valence-electron chi connectivity index (χ0n) is 13.6. The predicted octanol–water partition coefficient (Wildman–Crippen LogP) is 3.76. The molecule has 7 nitrogen and oxygen atoms in total. The number of aromatic carboxylic acids is 1. The minimum atomic E-state index is -0.989. The van der Waals surface area contributed by atoms with Crippen LogP contribution in [0.3, 0.4) is 0 Å². The van der Waals surface area contributed by atoms with E-state index in [1.165, 1.54) is 24.3 Å². The number of nitro benzene ring substituents is 1. The second kappa shape index (κ2) is 6.20. The van der Waals surface area contributed by atoms with E-state index in [0.29, 0.717) is 0 Å². The number of aryl methyl sites for hydroxylation is 1. The average Bonchev–Trinajstić information content (AvgIpc) is 2.89. The van der Waals surface area contributed by atoms with Crippen LogP contribution in [0.4, 0.5) is 5.69 Å². The first-order chi connectivity index (χ1) is 11.9. The summed E-state index contributed by atoms with van der Waals surface area (Å²) in [7, 11) is 0. The van der Waals surface area contributed by atoms with Gasteiger partial charge in [0.25, 0.3) is 5.69 Å². The molecule has 2 aromatic carbocycles. The van der Waals surface area contributed by atoms with E-state index in [9.17, 15) is 14.9 Å². The topological polar surface area (TPSA) is 98.3 Å². The third-order valence-corrected chi connectivity index (χ3v) is 4.00. The first-order valence-corrected chi connectivity index (χ1v) is 7.53. The van der Waals surface area contributed by atoms with Crippen molar-refractivity contribution >= 4 is 11.7 Å². The van der Waals surface area contributed by atoms with E-state index < -0.39 is 10.9 Å². The van der Waals surface area contributed by atoms with E-state index >= 15 is 0 Å². The molecule has 0 saturated carbocycles. The van der Waals surface area contributed by atoms with Crippen molar-refractivity contribution < 1.29 is 14.8 Å². The van der Waals surface area contributed by atoms with Crippen LogP contribution < -0.4 is 0 Å². The van der Waals surface area contributed by atoms with Crippen LogP contribution in [0.5, 0.6) is 0 Å². The van der Waals surface area contributed by atoms with Gasteiger partial charge in [0.15, 0.2) is 0 Å². The number of hydrogen-bond acceptors (Lipinski definition) is 4. The largest absolute Gasteiger partial charge is 0.478 e. The van der Waals surface area contributed by atoms with Gasteiger partial charge < -0.3 is 5.11 Å². The van der Waals surface area contributed by atoms with Crippen molar-refractivity contribution in [1.29, 1.82) is 0 Å². The molecule has 0 fully saturated rings. The van der Waals surface area contributed by atoms with Crippen LogP contribution >= 0.6 is 0 Å². The molecular weight excluding hydrogens is 322 g/mol. The van der Waals surface area contributed by atoms with Crippen LogP contribution in [0.15, 0.2) is 48.5 Å². The highest BCUT2D eigenvalue weighted by Gasteiger charge is 2.17. The Bertz CT molecular complexity index is 974. The fourth-order valence-corrected chi connectivity index (χ4v) is 2.83. The molecule has 1 aromatic heterocycles. The van der Waals surface area contributed by atoms with Crippen molar-refractivity contribution in [2.24, 2.45) is 0 Å². The Morgan fingerprint density at radius 3 is 2.44 bits per heavy atom. The number of carboxylic acid groups (broad SMARTS) is 1. The molecule has 0 amide bonds. The van der Waals surface area contributed by atoms with Crippen molar-refractivity contribution in [2.45, 2.75) is 13.8 Å². The van der Waals surface area contributed by atoms with E-state index in [1.807, 2.05) is 19.9 Å². The molecule has 1 heterocycles. The summed E-state index contributed by atoms with van der Waals surface area (Å²) >= 11 is 0. The van der Waals surface area contributed by atoms with E-state index in [-0.39, 0.29) is 11.3 Å². The second-order valence-corrected chi connectivity index (χ2v) is 5.62. The molecular formula is C18H15N3O4. The quantitative estimate of drug-likeness (QED) is 0.577. The van der Waals surface area contributed by atoms with Crippen molar-refractivity contribution in [3.8, 4) is 16.8 Å². The van der Waals surface area contributed by atoms with Gasteiger partial charge in [0, 0.05) is 23.4 Å². The minimum absolute atomic E-state index is 0.0230. The third-order valence-electron chi connectivity index (χ3n) is 4.00. The van der Waals surface area contributed by atoms with Crippen molar-refractivity contribution in [2.75, 3.05) is 0 Å². The van der Waals surface area contributed by atoms with Gasteiger partial charge in [0.1, 0.15) is 0 Å². The van der Waals surface area contributed by atoms with Gasteiger partial charge in [-0.25, -0.2) is 9.48 Å². The molecule has 0 aliphatic carbocycles. The van der Waals surface area contributed by atoms with Gasteiger partial charge in [-0.1, -0.05) is 12.1 Å². The fraction of sp³-hybridized carbons (Fsp3) is 0.111. The van der Waals surface area contributed by atoms with Gasteiger partial charge >= 0.3 is 5.97 Å². The lowest BCUT2D eigenvalue weighted by Gasteiger charge is -2.06. The average molecular weight is 337 g/mol. The van der Waals surface area contributed by atoms with Gasteiger partial charge in [-0.15, -0.1) is 0 Å². The zero-order valence-corrected chi connectivity index (χ0v) is 13.6. The second-order valence-electron chi connectivity index (χ2n) is 5.62. The van der Waals surface area contributed by atoms with Crippen LogP contribution in [0, 0.1) is 24.0 Å². The van der Waals surface area contributed by atoms with Crippen molar-refractivity contribution in [1.82, 2.24) is 9.78 Å². The predicted molar refractivity (Wildman–Crippen MR) is 92.1 cm³/mol. The molecule has 0 aliphatic heterocycles. The Labute approximate surface area is 143 Å². The van der Waals surface area contributed by atoms with Crippen LogP contribution in [0.25, 0.3) is 16.8 Å². The number of nitrogens with zero attached hydrogens (tertiary/aromatic N) is 3. The summed E-state index contributed by atoms with van der Waals surface area (Å²) in [5, 5.41) is 24.5. The van der Waals surface area contributed by atoms with Crippen molar-refractivity contribution in [3.63, 3.8) is 0 Å². The molecule has 0 aliphatic rings. The van der Waals surface area contributed by atoms with Crippen LogP contribution in [-0.2, 0) is 0 Å². The Kier molecular flexibility index (Phi) is 4.06. The fourth-order valence-electron chi connectivity index (χ4n) is 2.83. The molecule has 0 unspecified atom stereocenters. The standard InChI is InChI=1S/C18H15N3O4/c1-11-17(14-4-3-5-16(10-14)21(24)25)12(2)20(19-11)15-8-6-13(7-9-15)18(22)23/h3-10H,1-2H3,(H,22,23). The lowest BCUT2D eigenvalue weighted by atomic mass is 10.0. The molecule has 0 bridgehead atoms. The first-order valence-electron chi connectivity index (χ1n) is 7.53. The molecule has 7 heteroatoms. The van der Waals surface area contributed by atoms with E-state index in [2.05, 4.69) is 5.10 Å². The highest BCUT2D eigenvalue weighted by atomic mass is 16.6. The third kappa shape index (κ3) is 2.99. The van der Waals surface area contributed by atoms with Crippen molar-refractivity contribution in [3.05, 3.63) is 75.6 Å². The normalized spacial score (nSPS) is 10.6. The Morgan fingerprint density at radius 2 is 1.84 bits per heavy atom. The van der Waals surface area contributed by atoms with Gasteiger partial charge in [-0.05, 0) is 43.7 Å². The summed E-state index contributed by atoms with van der Waals surface area (Å²) in [6, 6.07) is 12.8. The first kappa shape index (κ1) is 16.4. The highest BCUT2D eigenvalue weighted by Crippen LogP contribution is 2.30. The lowest BCUT2D eigenvalue weighted by Crippen LogP contribution is -2.01. The number of benzene rings is 2. The Morgan fingerprint density at radius 1 is 1.16 bits per heavy atom. The number of aromatic nitrogens is 2.